The quantitative estimate of drug-likeness (QED) is 0.859. The number of carbonyl (C=O) groups is 2. The van der Waals surface area contributed by atoms with E-state index in [1.807, 2.05) is 6.92 Å². The van der Waals surface area contributed by atoms with Crippen LogP contribution in [-0.4, -0.2) is 48.6 Å². The van der Waals surface area contributed by atoms with Gasteiger partial charge in [0.15, 0.2) is 0 Å². The highest BCUT2D eigenvalue weighted by Gasteiger charge is 2.27. The van der Waals surface area contributed by atoms with Gasteiger partial charge in [0.2, 0.25) is 11.8 Å². The van der Waals surface area contributed by atoms with Crippen molar-refractivity contribution in [1.82, 2.24) is 10.2 Å². The van der Waals surface area contributed by atoms with Gasteiger partial charge < -0.3 is 15.0 Å². The molecule has 120 valence electrons. The molecule has 1 aliphatic heterocycles. The van der Waals surface area contributed by atoms with E-state index < -0.39 is 6.04 Å². The summed E-state index contributed by atoms with van der Waals surface area (Å²) in [5.41, 5.74) is 0. The fourth-order valence-electron chi connectivity index (χ4n) is 3.31. The van der Waals surface area contributed by atoms with Gasteiger partial charge in [0.1, 0.15) is 6.04 Å². The molecule has 2 atom stereocenters. The number of rotatable bonds is 4. The summed E-state index contributed by atoms with van der Waals surface area (Å²) >= 11 is 0. The van der Waals surface area contributed by atoms with Gasteiger partial charge in [0.05, 0.1) is 12.7 Å². The van der Waals surface area contributed by atoms with Crippen LogP contribution in [0.5, 0.6) is 0 Å². The van der Waals surface area contributed by atoms with Crippen molar-refractivity contribution in [1.29, 1.82) is 0 Å². The first kappa shape index (κ1) is 16.3. The lowest BCUT2D eigenvalue weighted by atomic mass is 9.87. The van der Waals surface area contributed by atoms with E-state index in [0.717, 1.165) is 12.8 Å². The van der Waals surface area contributed by atoms with E-state index in [4.69, 9.17) is 4.74 Å². The highest BCUT2D eigenvalue weighted by Crippen LogP contribution is 2.26. The Labute approximate surface area is 127 Å². The maximum absolute atomic E-state index is 12.3. The van der Waals surface area contributed by atoms with Crippen molar-refractivity contribution < 1.29 is 14.3 Å². The van der Waals surface area contributed by atoms with Crippen molar-refractivity contribution in [3.05, 3.63) is 0 Å². The van der Waals surface area contributed by atoms with Crippen molar-refractivity contribution in [3.63, 3.8) is 0 Å². The van der Waals surface area contributed by atoms with Crippen LogP contribution in [0.4, 0.5) is 0 Å². The van der Waals surface area contributed by atoms with Crippen molar-refractivity contribution in [3.8, 4) is 0 Å². The maximum atomic E-state index is 12.3. The van der Waals surface area contributed by atoms with Gasteiger partial charge in [-0.05, 0) is 32.6 Å². The van der Waals surface area contributed by atoms with E-state index >= 15 is 0 Å². The predicted molar refractivity (Wildman–Crippen MR) is 80.8 cm³/mol. The number of nitrogens with one attached hydrogen (secondary N) is 1. The molecule has 0 unspecified atom stereocenters. The van der Waals surface area contributed by atoms with Gasteiger partial charge in [-0.1, -0.05) is 19.3 Å². The van der Waals surface area contributed by atoms with Gasteiger partial charge in [-0.3, -0.25) is 9.59 Å². The zero-order chi connectivity index (χ0) is 15.2. The number of hydrogen-bond acceptors (Lipinski definition) is 3. The minimum Gasteiger partial charge on any atom is -0.375 e. The largest absolute Gasteiger partial charge is 0.375 e. The van der Waals surface area contributed by atoms with Gasteiger partial charge in [-0.25, -0.2) is 0 Å². The summed E-state index contributed by atoms with van der Waals surface area (Å²) in [4.78, 5) is 26.2. The fraction of sp³-hybridized carbons (Fsp3) is 0.875. The van der Waals surface area contributed by atoms with Crippen molar-refractivity contribution >= 4 is 11.8 Å². The topological polar surface area (TPSA) is 58.6 Å². The van der Waals surface area contributed by atoms with Crippen LogP contribution in [0.2, 0.25) is 0 Å². The molecule has 0 aromatic heterocycles. The molecular weight excluding hydrogens is 268 g/mol. The van der Waals surface area contributed by atoms with Crippen LogP contribution in [-0.2, 0) is 14.3 Å². The van der Waals surface area contributed by atoms with Crippen LogP contribution >= 0.6 is 0 Å². The smallest absolute Gasteiger partial charge is 0.245 e. The van der Waals surface area contributed by atoms with Crippen LogP contribution in [0, 0.1) is 5.92 Å². The second-order valence-electron chi connectivity index (χ2n) is 6.46. The second-order valence-corrected chi connectivity index (χ2v) is 6.46. The molecule has 2 aliphatic rings. The minimum absolute atomic E-state index is 0.00199. The zero-order valence-electron chi connectivity index (χ0n) is 13.3. The minimum atomic E-state index is -0.439. The molecule has 1 saturated carbocycles. The second kappa shape index (κ2) is 7.78. The molecule has 0 radical (unpaired) electrons. The Bertz CT molecular complexity index is 367. The van der Waals surface area contributed by atoms with Crippen LogP contribution in [0.3, 0.4) is 0 Å². The summed E-state index contributed by atoms with van der Waals surface area (Å²) in [5, 5.41) is 2.87. The molecule has 2 amide bonds. The zero-order valence-corrected chi connectivity index (χ0v) is 13.3. The number of nitrogens with zero attached hydrogens (tertiary/aromatic N) is 1. The van der Waals surface area contributed by atoms with Crippen LogP contribution in [0.25, 0.3) is 0 Å². The molecule has 0 aromatic carbocycles. The van der Waals surface area contributed by atoms with Gasteiger partial charge in [-0.2, -0.15) is 0 Å². The lowest BCUT2D eigenvalue weighted by Crippen LogP contribution is -2.52. The summed E-state index contributed by atoms with van der Waals surface area (Å²) in [6, 6.07) is -0.439. The van der Waals surface area contributed by atoms with E-state index in [0.29, 0.717) is 32.0 Å². The Balaban J connectivity index is 1.75. The molecule has 1 heterocycles. The number of amides is 2. The van der Waals surface area contributed by atoms with E-state index in [9.17, 15) is 9.59 Å². The monoisotopic (exact) mass is 296 g/mol. The lowest BCUT2D eigenvalue weighted by Gasteiger charge is -2.33. The molecule has 1 saturated heterocycles. The number of hydrogen-bond donors (Lipinski definition) is 1. The van der Waals surface area contributed by atoms with Gasteiger partial charge in [-0.15, -0.1) is 0 Å². The number of ether oxygens (including phenoxy) is 1. The summed E-state index contributed by atoms with van der Waals surface area (Å²) < 4.78 is 5.44. The van der Waals surface area contributed by atoms with Crippen molar-refractivity contribution in [2.24, 2.45) is 5.92 Å². The van der Waals surface area contributed by atoms with Crippen molar-refractivity contribution in [2.75, 3.05) is 19.7 Å². The Morgan fingerprint density at radius 3 is 2.67 bits per heavy atom. The molecule has 5 nitrogen and oxygen atoms in total. The highest BCUT2D eigenvalue weighted by atomic mass is 16.5. The normalized spacial score (nSPS) is 25.4. The van der Waals surface area contributed by atoms with E-state index in [-0.39, 0.29) is 17.9 Å². The molecule has 5 heteroatoms. The molecule has 2 rings (SSSR count). The predicted octanol–water partition coefficient (Wildman–Crippen LogP) is 1.71. The molecule has 21 heavy (non-hydrogen) atoms. The molecule has 1 aliphatic carbocycles. The fourth-order valence-corrected chi connectivity index (χ4v) is 3.31. The standard InChI is InChI=1S/C16H28N2O3/c1-12-11-18(8-9-21-12)16(20)13(2)17-15(19)10-14-6-4-3-5-7-14/h12-14H,3-11H2,1-2H3,(H,17,19)/t12-,13-/m1/s1. The van der Waals surface area contributed by atoms with Crippen molar-refractivity contribution in [2.45, 2.75) is 64.5 Å². The Hall–Kier alpha value is -1.10. The summed E-state index contributed by atoms with van der Waals surface area (Å²) in [6.45, 7) is 5.55. The summed E-state index contributed by atoms with van der Waals surface area (Å²) in [5.74, 6) is 0.524. The summed E-state index contributed by atoms with van der Waals surface area (Å²) in [6.07, 6.45) is 6.70. The first-order chi connectivity index (χ1) is 10.1. The average Bonchev–Trinajstić information content (AvgIpc) is 2.47. The summed E-state index contributed by atoms with van der Waals surface area (Å²) in [7, 11) is 0. The third kappa shape index (κ3) is 4.99. The van der Waals surface area contributed by atoms with E-state index in [1.165, 1.54) is 19.3 Å². The van der Waals surface area contributed by atoms with E-state index in [1.54, 1.807) is 11.8 Å². The molecule has 1 N–H and O–H groups in total. The van der Waals surface area contributed by atoms with Crippen LogP contribution < -0.4 is 5.32 Å². The Morgan fingerprint density at radius 1 is 1.29 bits per heavy atom. The average molecular weight is 296 g/mol. The number of morpholine rings is 1. The first-order valence-corrected chi connectivity index (χ1v) is 8.26. The van der Waals surface area contributed by atoms with Gasteiger partial charge >= 0.3 is 0 Å². The lowest BCUT2D eigenvalue weighted by molar-refractivity contribution is -0.142. The van der Waals surface area contributed by atoms with E-state index in [2.05, 4.69) is 5.32 Å². The SMILES string of the molecule is C[C@@H]1CN(C(=O)[C@@H](C)NC(=O)CC2CCCCC2)CCO1. The Kier molecular flexibility index (Phi) is 6.03. The van der Waals surface area contributed by atoms with Gasteiger partial charge in [0, 0.05) is 19.5 Å². The third-order valence-electron chi connectivity index (χ3n) is 4.50. The Morgan fingerprint density at radius 2 is 2.00 bits per heavy atom. The molecule has 0 aromatic rings. The first-order valence-electron chi connectivity index (χ1n) is 8.26. The molecular formula is C16H28N2O3. The third-order valence-corrected chi connectivity index (χ3v) is 4.50. The molecule has 0 spiro atoms. The van der Waals surface area contributed by atoms with Crippen LogP contribution in [0.1, 0.15) is 52.4 Å². The number of carbonyl (C=O) groups excluding carboxylic acids is 2. The molecule has 0 bridgehead atoms. The molecule has 2 fully saturated rings. The van der Waals surface area contributed by atoms with Crippen LogP contribution in [0.15, 0.2) is 0 Å². The van der Waals surface area contributed by atoms with Gasteiger partial charge in [0.25, 0.3) is 0 Å². The maximum Gasteiger partial charge on any atom is 0.245 e. The highest BCUT2D eigenvalue weighted by molar-refractivity contribution is 5.87.